The first-order chi connectivity index (χ1) is 7.11. The van der Waals surface area contributed by atoms with Gasteiger partial charge in [0.25, 0.3) is 5.69 Å². The Labute approximate surface area is 89.2 Å². The van der Waals surface area contributed by atoms with Gasteiger partial charge in [0.2, 0.25) is 0 Å². The number of benzene rings is 1. The molecule has 1 rings (SSSR count). The maximum atomic E-state index is 10.7. The van der Waals surface area contributed by atoms with Crippen molar-refractivity contribution in [3.63, 3.8) is 0 Å². The van der Waals surface area contributed by atoms with Gasteiger partial charge in [0.15, 0.2) is 0 Å². The Balaban J connectivity index is 2.63. The van der Waals surface area contributed by atoms with Gasteiger partial charge in [-0.25, -0.2) is 0 Å². The Kier molecular flexibility index (Phi) is 4.24. The average Bonchev–Trinajstić information content (AvgIpc) is 2.17. The van der Waals surface area contributed by atoms with Crippen LogP contribution in [0.5, 0.6) is 0 Å². The predicted molar refractivity (Wildman–Crippen MR) is 59.7 cm³/mol. The van der Waals surface area contributed by atoms with E-state index in [1.165, 1.54) is 0 Å². The van der Waals surface area contributed by atoms with Gasteiger partial charge in [0, 0.05) is 17.7 Å². The molecule has 2 N–H and O–H groups in total. The number of hydrogen-bond donors (Lipinski definition) is 1. The molecule has 1 aromatic carbocycles. The zero-order valence-electron chi connectivity index (χ0n) is 8.85. The number of nitrogens with two attached hydrogens (primary N) is 1. The standard InChI is InChI=1S/C11H16N2O2/c1-9(12)5-4-7-10-6-2-3-8-11(10)13(14)15/h2-3,6,8-9H,4-5,7,12H2,1H3. The van der Waals surface area contributed by atoms with E-state index >= 15 is 0 Å². The fourth-order valence-electron chi connectivity index (χ4n) is 1.51. The highest BCUT2D eigenvalue weighted by Gasteiger charge is 2.11. The lowest BCUT2D eigenvalue weighted by molar-refractivity contribution is -0.385. The molecule has 0 saturated heterocycles. The topological polar surface area (TPSA) is 69.2 Å². The van der Waals surface area contributed by atoms with Gasteiger partial charge in [-0.3, -0.25) is 10.1 Å². The molecule has 0 aliphatic rings. The molecule has 0 saturated carbocycles. The lowest BCUT2D eigenvalue weighted by atomic mass is 10.0. The van der Waals surface area contributed by atoms with Gasteiger partial charge in [-0.05, 0) is 26.2 Å². The molecule has 0 radical (unpaired) electrons. The highest BCUT2D eigenvalue weighted by Crippen LogP contribution is 2.19. The molecule has 4 nitrogen and oxygen atoms in total. The van der Waals surface area contributed by atoms with E-state index in [1.54, 1.807) is 18.2 Å². The summed E-state index contributed by atoms with van der Waals surface area (Å²) in [6.07, 6.45) is 2.51. The monoisotopic (exact) mass is 208 g/mol. The second-order valence-electron chi connectivity index (χ2n) is 3.76. The Morgan fingerprint density at radius 1 is 1.47 bits per heavy atom. The number of hydrogen-bond acceptors (Lipinski definition) is 3. The molecular weight excluding hydrogens is 192 g/mol. The quantitative estimate of drug-likeness (QED) is 0.596. The van der Waals surface area contributed by atoms with E-state index in [1.807, 2.05) is 13.0 Å². The average molecular weight is 208 g/mol. The molecule has 1 atom stereocenters. The molecule has 1 aromatic rings. The smallest absolute Gasteiger partial charge is 0.272 e. The summed E-state index contributed by atoms with van der Waals surface area (Å²) in [6.45, 7) is 1.94. The summed E-state index contributed by atoms with van der Waals surface area (Å²) in [4.78, 5) is 10.4. The first-order valence-electron chi connectivity index (χ1n) is 5.09. The van der Waals surface area contributed by atoms with Gasteiger partial charge in [0.1, 0.15) is 0 Å². The van der Waals surface area contributed by atoms with Crippen molar-refractivity contribution >= 4 is 5.69 Å². The van der Waals surface area contributed by atoms with E-state index in [0.29, 0.717) is 0 Å². The Bertz CT molecular complexity index is 337. The van der Waals surface area contributed by atoms with Crippen LogP contribution in [0.15, 0.2) is 24.3 Å². The molecule has 0 fully saturated rings. The Hall–Kier alpha value is -1.42. The third-order valence-electron chi connectivity index (χ3n) is 2.29. The first kappa shape index (κ1) is 11.7. The van der Waals surface area contributed by atoms with E-state index in [0.717, 1.165) is 24.8 Å². The van der Waals surface area contributed by atoms with Crippen molar-refractivity contribution in [1.29, 1.82) is 0 Å². The lowest BCUT2D eigenvalue weighted by Crippen LogP contribution is -2.14. The van der Waals surface area contributed by atoms with Crippen molar-refractivity contribution in [1.82, 2.24) is 0 Å². The summed E-state index contributed by atoms with van der Waals surface area (Å²) in [5.41, 5.74) is 6.63. The molecule has 4 heteroatoms. The van der Waals surface area contributed by atoms with E-state index in [2.05, 4.69) is 0 Å². The van der Waals surface area contributed by atoms with Crippen LogP contribution in [-0.2, 0) is 6.42 Å². The van der Waals surface area contributed by atoms with Gasteiger partial charge in [0.05, 0.1) is 4.92 Å². The van der Waals surface area contributed by atoms with Gasteiger partial charge >= 0.3 is 0 Å². The molecule has 0 aliphatic carbocycles. The lowest BCUT2D eigenvalue weighted by Gasteiger charge is -2.05. The van der Waals surface area contributed by atoms with Crippen molar-refractivity contribution in [3.8, 4) is 0 Å². The fraction of sp³-hybridized carbons (Fsp3) is 0.455. The van der Waals surface area contributed by atoms with Crippen LogP contribution in [0.2, 0.25) is 0 Å². The minimum Gasteiger partial charge on any atom is -0.328 e. The summed E-state index contributed by atoms with van der Waals surface area (Å²) in [7, 11) is 0. The zero-order chi connectivity index (χ0) is 11.3. The van der Waals surface area contributed by atoms with E-state index < -0.39 is 0 Å². The van der Waals surface area contributed by atoms with E-state index in [-0.39, 0.29) is 16.7 Å². The number of para-hydroxylation sites is 1. The van der Waals surface area contributed by atoms with Crippen LogP contribution in [-0.4, -0.2) is 11.0 Å². The van der Waals surface area contributed by atoms with Crippen LogP contribution in [0.3, 0.4) is 0 Å². The van der Waals surface area contributed by atoms with Crippen molar-refractivity contribution in [2.24, 2.45) is 5.73 Å². The normalized spacial score (nSPS) is 12.4. The maximum Gasteiger partial charge on any atom is 0.272 e. The Morgan fingerprint density at radius 3 is 2.73 bits per heavy atom. The number of rotatable bonds is 5. The van der Waals surface area contributed by atoms with Gasteiger partial charge in [-0.2, -0.15) is 0 Å². The fourth-order valence-corrected chi connectivity index (χ4v) is 1.51. The third kappa shape index (κ3) is 3.67. The second kappa shape index (κ2) is 5.46. The predicted octanol–water partition coefficient (Wildman–Crippen LogP) is 2.26. The molecule has 82 valence electrons. The van der Waals surface area contributed by atoms with Crippen LogP contribution in [0.4, 0.5) is 5.69 Å². The number of nitro groups is 1. The van der Waals surface area contributed by atoms with Crippen LogP contribution in [0.25, 0.3) is 0 Å². The van der Waals surface area contributed by atoms with Crippen LogP contribution in [0.1, 0.15) is 25.3 Å². The first-order valence-corrected chi connectivity index (χ1v) is 5.09. The van der Waals surface area contributed by atoms with E-state index in [9.17, 15) is 10.1 Å². The maximum absolute atomic E-state index is 10.7. The summed E-state index contributed by atoms with van der Waals surface area (Å²) in [6, 6.07) is 7.02. The second-order valence-corrected chi connectivity index (χ2v) is 3.76. The summed E-state index contributed by atoms with van der Waals surface area (Å²) < 4.78 is 0. The number of aryl methyl sites for hydroxylation is 1. The highest BCUT2D eigenvalue weighted by molar-refractivity contribution is 5.39. The molecule has 0 bridgehead atoms. The number of nitro benzene ring substituents is 1. The third-order valence-corrected chi connectivity index (χ3v) is 2.29. The van der Waals surface area contributed by atoms with Crippen LogP contribution >= 0.6 is 0 Å². The van der Waals surface area contributed by atoms with Crippen LogP contribution < -0.4 is 5.73 Å². The van der Waals surface area contributed by atoms with Gasteiger partial charge < -0.3 is 5.73 Å². The van der Waals surface area contributed by atoms with Crippen molar-refractivity contribution in [2.45, 2.75) is 32.2 Å². The van der Waals surface area contributed by atoms with Crippen molar-refractivity contribution in [2.75, 3.05) is 0 Å². The Morgan fingerprint density at radius 2 is 2.13 bits per heavy atom. The molecule has 15 heavy (non-hydrogen) atoms. The highest BCUT2D eigenvalue weighted by atomic mass is 16.6. The zero-order valence-corrected chi connectivity index (χ0v) is 8.85. The molecular formula is C11H16N2O2. The number of nitrogens with zero attached hydrogens (tertiary/aromatic N) is 1. The van der Waals surface area contributed by atoms with Gasteiger partial charge in [-0.1, -0.05) is 18.2 Å². The largest absolute Gasteiger partial charge is 0.328 e. The van der Waals surface area contributed by atoms with Crippen molar-refractivity contribution < 1.29 is 4.92 Å². The summed E-state index contributed by atoms with van der Waals surface area (Å²) in [5.74, 6) is 0. The van der Waals surface area contributed by atoms with Crippen molar-refractivity contribution in [3.05, 3.63) is 39.9 Å². The molecule has 0 spiro atoms. The van der Waals surface area contributed by atoms with E-state index in [4.69, 9.17) is 5.73 Å². The molecule has 0 heterocycles. The van der Waals surface area contributed by atoms with Crippen LogP contribution in [0, 0.1) is 10.1 Å². The van der Waals surface area contributed by atoms with Gasteiger partial charge in [-0.15, -0.1) is 0 Å². The summed E-state index contributed by atoms with van der Waals surface area (Å²) in [5, 5.41) is 10.7. The molecule has 0 amide bonds. The minimum absolute atomic E-state index is 0.160. The SMILES string of the molecule is CC(N)CCCc1ccccc1[N+](=O)[O-]. The molecule has 0 aromatic heterocycles. The molecule has 0 aliphatic heterocycles. The minimum atomic E-state index is -0.332. The molecule has 1 unspecified atom stereocenters. The summed E-state index contributed by atoms with van der Waals surface area (Å²) >= 11 is 0.